The Morgan fingerprint density at radius 3 is 2.36 bits per heavy atom. The number of carbonyl (C=O) groups excluding carboxylic acids is 1. The van der Waals surface area contributed by atoms with Crippen LogP contribution in [-0.4, -0.2) is 11.0 Å². The van der Waals surface area contributed by atoms with Gasteiger partial charge in [0.1, 0.15) is 0 Å². The van der Waals surface area contributed by atoms with Gasteiger partial charge in [0, 0.05) is 18.0 Å². The molecule has 0 unspecified atom stereocenters. The van der Waals surface area contributed by atoms with E-state index in [0.29, 0.717) is 19.3 Å². The Balaban J connectivity index is 3.21. The summed E-state index contributed by atoms with van der Waals surface area (Å²) in [5.41, 5.74) is 0. The van der Waals surface area contributed by atoms with Gasteiger partial charge in [-0.05, 0) is 12.8 Å². The van der Waals surface area contributed by atoms with Gasteiger partial charge < -0.3 is 5.11 Å². The molecule has 4 nitrogen and oxygen atoms in total. The molecule has 0 aromatic rings. The van der Waals surface area contributed by atoms with Crippen molar-refractivity contribution in [2.45, 2.75) is 25.7 Å². The summed E-state index contributed by atoms with van der Waals surface area (Å²) in [5, 5.41) is 10.8. The van der Waals surface area contributed by atoms with E-state index in [1.807, 2.05) is 0 Å². The minimum atomic E-state index is -0.631. The van der Waals surface area contributed by atoms with E-state index in [9.17, 15) is 9.70 Å². The molecular formula is C7H11NO3. The number of carbonyl (C=O) groups is 1. The number of aliphatic hydroxyl groups excluding tert-OH is 1. The highest BCUT2D eigenvalue weighted by atomic mass is 16.3. The van der Waals surface area contributed by atoms with Crippen molar-refractivity contribution in [3.63, 3.8) is 0 Å². The second-order valence-corrected chi connectivity index (χ2v) is 2.26. The van der Waals surface area contributed by atoms with Crippen LogP contribution in [0.15, 0.2) is 17.5 Å². The fourth-order valence-electron chi connectivity index (χ4n) is 0.651. The summed E-state index contributed by atoms with van der Waals surface area (Å²) in [7, 11) is 0. The highest BCUT2D eigenvalue weighted by Gasteiger charge is 1.99. The summed E-state index contributed by atoms with van der Waals surface area (Å²) in [6.07, 6.45) is 1.88. The van der Waals surface area contributed by atoms with Crippen molar-refractivity contribution in [2.75, 3.05) is 0 Å². The van der Waals surface area contributed by atoms with Crippen molar-refractivity contribution in [2.24, 2.45) is 5.18 Å². The van der Waals surface area contributed by atoms with Gasteiger partial charge in [-0.15, -0.1) is 4.91 Å². The van der Waals surface area contributed by atoms with Gasteiger partial charge in [0.05, 0.1) is 5.76 Å². The summed E-state index contributed by atoms with van der Waals surface area (Å²) in [6, 6.07) is 0. The number of hydrogen-bond donors (Lipinski definition) is 1. The third-order valence-corrected chi connectivity index (χ3v) is 1.21. The van der Waals surface area contributed by atoms with E-state index in [0.717, 1.165) is 0 Å². The van der Waals surface area contributed by atoms with E-state index >= 15 is 0 Å². The molecule has 1 N–H and O–H groups in total. The van der Waals surface area contributed by atoms with Crippen LogP contribution >= 0.6 is 0 Å². The number of nitroso groups, excluding NO2 is 1. The molecule has 11 heavy (non-hydrogen) atoms. The standard InChI is InChI=1S/C7H11NO3/c1-6(9)4-2-3-5-7(10)8-11/h9H,1-5H2. The number of rotatable bonds is 5. The van der Waals surface area contributed by atoms with Crippen molar-refractivity contribution in [1.29, 1.82) is 0 Å². The molecule has 0 spiro atoms. The summed E-state index contributed by atoms with van der Waals surface area (Å²) in [6.45, 7) is 3.28. The van der Waals surface area contributed by atoms with E-state index in [4.69, 9.17) is 5.11 Å². The minimum absolute atomic E-state index is 0.108. The molecule has 0 radical (unpaired) electrons. The summed E-state index contributed by atoms with van der Waals surface area (Å²) in [5.74, 6) is -0.523. The smallest absolute Gasteiger partial charge is 0.286 e. The first kappa shape index (κ1) is 9.81. The first-order chi connectivity index (χ1) is 5.16. The van der Waals surface area contributed by atoms with Gasteiger partial charge >= 0.3 is 0 Å². The average Bonchev–Trinajstić information content (AvgIpc) is 1.97. The normalized spacial score (nSPS) is 9.09. The lowest BCUT2D eigenvalue weighted by Gasteiger charge is -1.95. The Morgan fingerprint density at radius 1 is 1.36 bits per heavy atom. The molecule has 0 bridgehead atoms. The molecule has 0 aromatic heterocycles. The lowest BCUT2D eigenvalue weighted by molar-refractivity contribution is -0.118. The molecule has 62 valence electrons. The fourth-order valence-corrected chi connectivity index (χ4v) is 0.651. The lowest BCUT2D eigenvalue weighted by Crippen LogP contribution is -1.91. The fraction of sp³-hybridized carbons (Fsp3) is 0.571. The molecule has 0 aliphatic rings. The number of amides is 1. The summed E-state index contributed by atoms with van der Waals surface area (Å²) in [4.78, 5) is 19.9. The number of nitrogens with zero attached hydrogens (tertiary/aromatic N) is 1. The Morgan fingerprint density at radius 2 is 1.91 bits per heavy atom. The molecular weight excluding hydrogens is 146 g/mol. The molecule has 0 aromatic carbocycles. The van der Waals surface area contributed by atoms with Gasteiger partial charge in [-0.1, -0.05) is 6.58 Å². The van der Waals surface area contributed by atoms with Crippen LogP contribution in [0.5, 0.6) is 0 Å². The predicted molar refractivity (Wildman–Crippen MR) is 41.0 cm³/mol. The minimum Gasteiger partial charge on any atom is -0.513 e. The summed E-state index contributed by atoms with van der Waals surface area (Å²) < 4.78 is 0. The SMILES string of the molecule is C=C(O)CCCCC(=O)N=O. The quantitative estimate of drug-likeness (QED) is 0.376. The van der Waals surface area contributed by atoms with Crippen LogP contribution in [0, 0.1) is 4.91 Å². The van der Waals surface area contributed by atoms with Crippen molar-refractivity contribution in [3.05, 3.63) is 17.2 Å². The second kappa shape index (κ2) is 5.58. The van der Waals surface area contributed by atoms with E-state index in [1.54, 1.807) is 0 Å². The van der Waals surface area contributed by atoms with Gasteiger partial charge in [0.2, 0.25) is 0 Å². The van der Waals surface area contributed by atoms with E-state index in [-0.39, 0.29) is 12.2 Å². The van der Waals surface area contributed by atoms with Crippen LogP contribution < -0.4 is 0 Å². The van der Waals surface area contributed by atoms with Crippen molar-refractivity contribution in [1.82, 2.24) is 0 Å². The highest BCUT2D eigenvalue weighted by molar-refractivity contribution is 5.76. The third kappa shape index (κ3) is 6.70. The van der Waals surface area contributed by atoms with Crippen molar-refractivity contribution >= 4 is 5.91 Å². The monoisotopic (exact) mass is 157 g/mol. The number of unbranched alkanes of at least 4 members (excludes halogenated alkanes) is 1. The Bertz CT molecular complexity index is 165. The average molecular weight is 157 g/mol. The Kier molecular flexibility index (Phi) is 4.98. The lowest BCUT2D eigenvalue weighted by atomic mass is 10.2. The van der Waals surface area contributed by atoms with Crippen LogP contribution in [0.4, 0.5) is 0 Å². The maximum atomic E-state index is 10.3. The van der Waals surface area contributed by atoms with E-state index < -0.39 is 5.91 Å². The second-order valence-electron chi connectivity index (χ2n) is 2.26. The van der Waals surface area contributed by atoms with E-state index in [1.165, 1.54) is 0 Å². The van der Waals surface area contributed by atoms with Crippen molar-refractivity contribution in [3.8, 4) is 0 Å². The van der Waals surface area contributed by atoms with Crippen LogP contribution in [0.25, 0.3) is 0 Å². The Hall–Kier alpha value is -1.19. The first-order valence-corrected chi connectivity index (χ1v) is 3.39. The van der Waals surface area contributed by atoms with Crippen LogP contribution in [0.3, 0.4) is 0 Å². The molecule has 0 saturated heterocycles. The predicted octanol–water partition coefficient (Wildman–Crippen LogP) is 1.91. The molecule has 0 atom stereocenters. The van der Waals surface area contributed by atoms with Gasteiger partial charge in [0.25, 0.3) is 5.91 Å². The van der Waals surface area contributed by atoms with E-state index in [2.05, 4.69) is 11.8 Å². The number of aliphatic hydroxyl groups is 1. The molecule has 4 heteroatoms. The molecule has 0 saturated carbocycles. The topological polar surface area (TPSA) is 66.7 Å². The largest absolute Gasteiger partial charge is 0.513 e. The van der Waals surface area contributed by atoms with Gasteiger partial charge in [-0.2, -0.15) is 0 Å². The van der Waals surface area contributed by atoms with Crippen molar-refractivity contribution < 1.29 is 9.90 Å². The zero-order valence-corrected chi connectivity index (χ0v) is 6.25. The van der Waals surface area contributed by atoms with Gasteiger partial charge in [-0.25, -0.2) is 0 Å². The zero-order chi connectivity index (χ0) is 8.69. The molecule has 0 aliphatic carbocycles. The van der Waals surface area contributed by atoms with Gasteiger partial charge in [0.15, 0.2) is 0 Å². The highest BCUT2D eigenvalue weighted by Crippen LogP contribution is 2.04. The molecule has 1 amide bonds. The van der Waals surface area contributed by atoms with Gasteiger partial charge in [-0.3, -0.25) is 4.79 Å². The maximum absolute atomic E-state index is 10.3. The first-order valence-electron chi connectivity index (χ1n) is 3.39. The maximum Gasteiger partial charge on any atom is 0.286 e. The number of hydrogen-bond acceptors (Lipinski definition) is 3. The summed E-state index contributed by atoms with van der Waals surface area (Å²) >= 11 is 0. The molecule has 0 heterocycles. The molecule has 0 fully saturated rings. The molecule has 0 aliphatic heterocycles. The molecule has 0 rings (SSSR count). The van der Waals surface area contributed by atoms with Crippen LogP contribution in [0.1, 0.15) is 25.7 Å². The number of allylic oxidation sites excluding steroid dienone is 1. The zero-order valence-electron chi connectivity index (χ0n) is 6.25. The Labute approximate surface area is 64.9 Å². The third-order valence-electron chi connectivity index (χ3n) is 1.21. The van der Waals surface area contributed by atoms with Crippen LogP contribution in [0.2, 0.25) is 0 Å². The van der Waals surface area contributed by atoms with Crippen LogP contribution in [-0.2, 0) is 4.79 Å².